The van der Waals surface area contributed by atoms with Crippen LogP contribution in [-0.4, -0.2) is 0 Å². The van der Waals surface area contributed by atoms with Crippen molar-refractivity contribution in [3.05, 3.63) is 60.2 Å². The standard InChI is InChI=1S/C30H42F2/c1-3-5-7-21-9-10-27-20-26(16-15-25(27)19-21)22-11-13-23(14-12-22)28-18-17-24(8-6-4-2)29(31)30(28)32/h3-4,17-18,21-23,25-27H,1-2,5-16,19-20H2. The highest BCUT2D eigenvalue weighted by molar-refractivity contribution is 5.29. The SMILES string of the molecule is C=CCCc1ccc(C2CCC(C3CCC4CC(CCC=C)CCC4C3)CC2)c(F)c1F. The minimum Gasteiger partial charge on any atom is -0.203 e. The summed E-state index contributed by atoms with van der Waals surface area (Å²) in [5.74, 6) is 3.46. The Morgan fingerprint density at radius 2 is 1.34 bits per heavy atom. The molecule has 0 radical (unpaired) electrons. The summed E-state index contributed by atoms with van der Waals surface area (Å²) in [6.45, 7) is 7.57. The van der Waals surface area contributed by atoms with Crippen LogP contribution in [-0.2, 0) is 6.42 Å². The average molecular weight is 441 g/mol. The predicted molar refractivity (Wildman–Crippen MR) is 131 cm³/mol. The van der Waals surface area contributed by atoms with Gasteiger partial charge in [-0.05, 0) is 130 Å². The van der Waals surface area contributed by atoms with E-state index in [-0.39, 0.29) is 5.92 Å². The molecule has 1 aromatic rings. The second kappa shape index (κ2) is 11.1. The summed E-state index contributed by atoms with van der Waals surface area (Å²) >= 11 is 0. The number of allylic oxidation sites excluding steroid dienone is 2. The van der Waals surface area contributed by atoms with E-state index in [0.29, 0.717) is 24.0 Å². The molecule has 0 spiro atoms. The zero-order chi connectivity index (χ0) is 22.5. The van der Waals surface area contributed by atoms with Gasteiger partial charge in [-0.1, -0.05) is 30.7 Å². The molecule has 176 valence electrons. The number of hydrogen-bond acceptors (Lipinski definition) is 0. The maximum atomic E-state index is 14.8. The molecule has 4 rings (SSSR count). The van der Waals surface area contributed by atoms with Crippen LogP contribution in [0.2, 0.25) is 0 Å². The molecule has 3 aliphatic rings. The van der Waals surface area contributed by atoms with Crippen molar-refractivity contribution in [1.82, 2.24) is 0 Å². The lowest BCUT2D eigenvalue weighted by atomic mass is 9.60. The zero-order valence-corrected chi connectivity index (χ0v) is 19.8. The van der Waals surface area contributed by atoms with Crippen molar-refractivity contribution >= 4 is 0 Å². The van der Waals surface area contributed by atoms with E-state index in [1.54, 1.807) is 12.1 Å². The third-order valence-corrected chi connectivity index (χ3v) is 9.23. The Balaban J connectivity index is 1.29. The number of fused-ring (bicyclic) bond motifs is 1. The maximum Gasteiger partial charge on any atom is 0.162 e. The normalized spacial score (nSPS) is 32.8. The molecule has 32 heavy (non-hydrogen) atoms. The molecule has 0 aliphatic heterocycles. The molecule has 4 unspecified atom stereocenters. The minimum absolute atomic E-state index is 0.186. The van der Waals surface area contributed by atoms with Crippen molar-refractivity contribution in [2.75, 3.05) is 0 Å². The number of aryl methyl sites for hydroxylation is 1. The van der Waals surface area contributed by atoms with Gasteiger partial charge in [0.15, 0.2) is 11.6 Å². The largest absolute Gasteiger partial charge is 0.203 e. The van der Waals surface area contributed by atoms with Gasteiger partial charge in [0, 0.05) is 0 Å². The molecular weight excluding hydrogens is 398 g/mol. The summed E-state index contributed by atoms with van der Waals surface area (Å²) in [5, 5.41) is 0. The second-order valence-corrected chi connectivity index (χ2v) is 11.0. The van der Waals surface area contributed by atoms with Gasteiger partial charge in [-0.25, -0.2) is 8.78 Å². The molecule has 0 aromatic heterocycles. The molecule has 3 aliphatic carbocycles. The average Bonchev–Trinajstić information content (AvgIpc) is 2.83. The molecule has 0 nitrogen and oxygen atoms in total. The van der Waals surface area contributed by atoms with Crippen LogP contribution in [0.1, 0.15) is 101 Å². The minimum atomic E-state index is -0.631. The maximum absolute atomic E-state index is 14.8. The third kappa shape index (κ3) is 5.37. The first-order valence-corrected chi connectivity index (χ1v) is 13.3. The molecule has 4 atom stereocenters. The summed E-state index contributed by atoms with van der Waals surface area (Å²) in [5.41, 5.74) is 1.10. The van der Waals surface area contributed by atoms with Crippen molar-refractivity contribution in [2.45, 2.75) is 95.8 Å². The Hall–Kier alpha value is -1.44. The highest BCUT2D eigenvalue weighted by Crippen LogP contribution is 2.50. The quantitative estimate of drug-likeness (QED) is 0.353. The molecular formula is C30H42F2. The van der Waals surface area contributed by atoms with Gasteiger partial charge in [-0.15, -0.1) is 13.2 Å². The van der Waals surface area contributed by atoms with Gasteiger partial charge in [0.25, 0.3) is 0 Å². The van der Waals surface area contributed by atoms with Crippen molar-refractivity contribution in [3.63, 3.8) is 0 Å². The number of rotatable bonds is 8. The van der Waals surface area contributed by atoms with Gasteiger partial charge in [-0.3, -0.25) is 0 Å². The van der Waals surface area contributed by atoms with E-state index in [0.717, 1.165) is 42.4 Å². The lowest BCUT2D eigenvalue weighted by Crippen LogP contribution is -2.34. The van der Waals surface area contributed by atoms with Crippen molar-refractivity contribution < 1.29 is 8.78 Å². The van der Waals surface area contributed by atoms with Crippen molar-refractivity contribution in [2.24, 2.45) is 29.6 Å². The predicted octanol–water partition coefficient (Wildman–Crippen LogP) is 9.16. The molecule has 0 bridgehead atoms. The van der Waals surface area contributed by atoms with E-state index in [2.05, 4.69) is 19.2 Å². The first kappa shape index (κ1) is 23.7. The van der Waals surface area contributed by atoms with Crippen LogP contribution < -0.4 is 0 Å². The third-order valence-electron chi connectivity index (χ3n) is 9.23. The fourth-order valence-corrected chi connectivity index (χ4v) is 7.34. The van der Waals surface area contributed by atoms with E-state index in [9.17, 15) is 8.78 Å². The smallest absolute Gasteiger partial charge is 0.162 e. The highest BCUT2D eigenvalue weighted by Gasteiger charge is 2.39. The number of benzene rings is 1. The van der Waals surface area contributed by atoms with E-state index in [4.69, 9.17) is 0 Å². The van der Waals surface area contributed by atoms with E-state index in [1.165, 1.54) is 64.2 Å². The van der Waals surface area contributed by atoms with Crippen molar-refractivity contribution in [3.8, 4) is 0 Å². The first-order chi connectivity index (χ1) is 15.6. The lowest BCUT2D eigenvalue weighted by molar-refractivity contribution is 0.0620. The Kier molecular flexibility index (Phi) is 8.24. The van der Waals surface area contributed by atoms with Crippen LogP contribution in [0.5, 0.6) is 0 Å². The molecule has 0 N–H and O–H groups in total. The summed E-state index contributed by atoms with van der Waals surface area (Å²) in [4.78, 5) is 0. The molecule has 3 saturated carbocycles. The van der Waals surface area contributed by atoms with E-state index in [1.807, 2.05) is 6.07 Å². The molecule has 1 aromatic carbocycles. The van der Waals surface area contributed by atoms with E-state index >= 15 is 0 Å². The van der Waals surface area contributed by atoms with Crippen LogP contribution >= 0.6 is 0 Å². The van der Waals surface area contributed by atoms with Crippen LogP contribution in [0.3, 0.4) is 0 Å². The molecule has 0 amide bonds. The molecule has 3 fully saturated rings. The number of hydrogen-bond donors (Lipinski definition) is 0. The van der Waals surface area contributed by atoms with Gasteiger partial charge in [0.05, 0.1) is 0 Å². The van der Waals surface area contributed by atoms with Gasteiger partial charge in [-0.2, -0.15) is 0 Å². The molecule has 0 saturated heterocycles. The first-order valence-electron chi connectivity index (χ1n) is 13.3. The highest BCUT2D eigenvalue weighted by atomic mass is 19.2. The Labute approximate surface area is 194 Å². The van der Waals surface area contributed by atoms with Crippen LogP contribution in [0, 0.1) is 41.2 Å². The molecule has 2 heteroatoms. The van der Waals surface area contributed by atoms with E-state index < -0.39 is 11.6 Å². The Bertz CT molecular complexity index is 773. The summed E-state index contributed by atoms with van der Waals surface area (Å²) in [7, 11) is 0. The topological polar surface area (TPSA) is 0 Å². The van der Waals surface area contributed by atoms with Gasteiger partial charge in [0.2, 0.25) is 0 Å². The monoisotopic (exact) mass is 440 g/mol. The van der Waals surface area contributed by atoms with Crippen LogP contribution in [0.15, 0.2) is 37.4 Å². The van der Waals surface area contributed by atoms with Crippen molar-refractivity contribution in [1.29, 1.82) is 0 Å². The molecule has 0 heterocycles. The lowest BCUT2D eigenvalue weighted by Gasteiger charge is -2.45. The second-order valence-electron chi connectivity index (χ2n) is 11.0. The van der Waals surface area contributed by atoms with Crippen LogP contribution in [0.25, 0.3) is 0 Å². The summed E-state index contributed by atoms with van der Waals surface area (Å²) in [6, 6.07) is 3.66. The van der Waals surface area contributed by atoms with Gasteiger partial charge < -0.3 is 0 Å². The summed E-state index contributed by atoms with van der Waals surface area (Å²) < 4.78 is 29.4. The van der Waals surface area contributed by atoms with Crippen LogP contribution in [0.4, 0.5) is 8.78 Å². The Morgan fingerprint density at radius 1 is 0.719 bits per heavy atom. The number of halogens is 2. The summed E-state index contributed by atoms with van der Waals surface area (Å²) in [6.07, 6.45) is 20.5. The van der Waals surface area contributed by atoms with Gasteiger partial charge >= 0.3 is 0 Å². The fraction of sp³-hybridized carbons (Fsp3) is 0.667. The Morgan fingerprint density at radius 3 is 2.06 bits per heavy atom. The zero-order valence-electron chi connectivity index (χ0n) is 19.8. The van der Waals surface area contributed by atoms with Gasteiger partial charge in [0.1, 0.15) is 0 Å². The fourth-order valence-electron chi connectivity index (χ4n) is 7.34.